The Labute approximate surface area is 149 Å². The van der Waals surface area contributed by atoms with Crippen LogP contribution in [-0.2, 0) is 6.54 Å². The molecule has 1 aliphatic carbocycles. The van der Waals surface area contributed by atoms with Crippen molar-refractivity contribution in [3.05, 3.63) is 48.3 Å². The minimum Gasteiger partial charge on any atom is -0.388 e. The van der Waals surface area contributed by atoms with Crippen LogP contribution in [0.4, 0.5) is 0 Å². The van der Waals surface area contributed by atoms with E-state index in [9.17, 15) is 5.11 Å². The van der Waals surface area contributed by atoms with Gasteiger partial charge in [0, 0.05) is 38.9 Å². The Bertz CT molecular complexity index is 704. The number of aliphatic imine (C=N–C) groups is 1. The molecule has 1 heterocycles. The molecule has 1 aliphatic rings. The van der Waals surface area contributed by atoms with E-state index in [4.69, 9.17) is 0 Å². The molecule has 0 radical (unpaired) electrons. The highest BCUT2D eigenvalue weighted by Crippen LogP contribution is 2.28. The number of benzene rings is 1. The quantitative estimate of drug-likeness (QED) is 0.646. The maximum Gasteiger partial charge on any atom is 0.193 e. The second-order valence-corrected chi connectivity index (χ2v) is 6.82. The van der Waals surface area contributed by atoms with E-state index in [1.165, 1.54) is 0 Å². The van der Waals surface area contributed by atoms with Crippen LogP contribution in [0.25, 0.3) is 5.69 Å². The predicted molar refractivity (Wildman–Crippen MR) is 99.8 cm³/mol. The Morgan fingerprint density at radius 3 is 2.72 bits per heavy atom. The summed E-state index contributed by atoms with van der Waals surface area (Å²) in [7, 11) is 3.76. The Hall–Kier alpha value is -2.34. The van der Waals surface area contributed by atoms with Crippen molar-refractivity contribution >= 4 is 5.96 Å². The molecule has 0 amide bonds. The Kier molecular flexibility index (Phi) is 5.38. The Morgan fingerprint density at radius 2 is 2.04 bits per heavy atom. The van der Waals surface area contributed by atoms with Gasteiger partial charge >= 0.3 is 0 Å². The number of rotatable bonds is 5. The summed E-state index contributed by atoms with van der Waals surface area (Å²) >= 11 is 0. The molecule has 1 aromatic heterocycles. The van der Waals surface area contributed by atoms with Crippen LogP contribution in [0.1, 0.15) is 31.2 Å². The molecule has 0 bridgehead atoms. The number of para-hydroxylation sites is 1. The number of aromatic nitrogens is 2. The predicted octanol–water partition coefficient (Wildman–Crippen LogP) is 2.18. The van der Waals surface area contributed by atoms with Gasteiger partial charge in [0.2, 0.25) is 0 Å². The fourth-order valence-corrected chi connectivity index (χ4v) is 3.35. The fraction of sp³-hybridized carbons (Fsp3) is 0.474. The molecule has 6 heteroatoms. The second kappa shape index (κ2) is 7.70. The first-order valence-electron chi connectivity index (χ1n) is 8.83. The molecule has 6 nitrogen and oxygen atoms in total. The minimum absolute atomic E-state index is 0.549. The fourth-order valence-electron chi connectivity index (χ4n) is 3.35. The molecule has 0 saturated heterocycles. The monoisotopic (exact) mass is 341 g/mol. The lowest BCUT2D eigenvalue weighted by Gasteiger charge is -2.27. The molecule has 1 saturated carbocycles. The zero-order valence-electron chi connectivity index (χ0n) is 15.0. The average Bonchev–Trinajstić information content (AvgIpc) is 3.26. The van der Waals surface area contributed by atoms with Gasteiger partial charge < -0.3 is 15.3 Å². The molecule has 0 unspecified atom stereocenters. The van der Waals surface area contributed by atoms with Crippen molar-refractivity contribution in [1.82, 2.24) is 20.0 Å². The van der Waals surface area contributed by atoms with Gasteiger partial charge in [-0.25, -0.2) is 4.68 Å². The van der Waals surface area contributed by atoms with E-state index in [1.807, 2.05) is 59.4 Å². The first-order valence-corrected chi connectivity index (χ1v) is 8.83. The smallest absolute Gasteiger partial charge is 0.193 e. The lowest BCUT2D eigenvalue weighted by Crippen LogP contribution is -2.46. The summed E-state index contributed by atoms with van der Waals surface area (Å²) in [6, 6.07) is 10.1. The van der Waals surface area contributed by atoms with E-state index in [0.29, 0.717) is 13.1 Å². The Morgan fingerprint density at radius 1 is 1.32 bits per heavy atom. The van der Waals surface area contributed by atoms with Crippen LogP contribution in [0.2, 0.25) is 0 Å². The molecular formula is C19H27N5O. The number of guanidine groups is 1. The van der Waals surface area contributed by atoms with Crippen molar-refractivity contribution in [2.75, 3.05) is 20.6 Å². The summed E-state index contributed by atoms with van der Waals surface area (Å²) < 4.78 is 1.88. The van der Waals surface area contributed by atoms with Crippen LogP contribution in [0.3, 0.4) is 0 Å². The van der Waals surface area contributed by atoms with Crippen molar-refractivity contribution in [1.29, 1.82) is 0 Å². The first kappa shape index (κ1) is 17.5. The zero-order valence-corrected chi connectivity index (χ0v) is 15.0. The highest BCUT2D eigenvalue weighted by Gasteiger charge is 2.31. The van der Waals surface area contributed by atoms with Crippen molar-refractivity contribution in [2.45, 2.75) is 37.8 Å². The highest BCUT2D eigenvalue weighted by molar-refractivity contribution is 5.79. The van der Waals surface area contributed by atoms with Gasteiger partial charge in [0.15, 0.2) is 5.96 Å². The molecule has 0 spiro atoms. The number of hydrogen-bond donors (Lipinski definition) is 2. The van der Waals surface area contributed by atoms with Crippen LogP contribution in [0.5, 0.6) is 0 Å². The molecule has 0 aliphatic heterocycles. The molecule has 2 aromatic rings. The van der Waals surface area contributed by atoms with Gasteiger partial charge in [-0.15, -0.1) is 0 Å². The van der Waals surface area contributed by atoms with E-state index in [0.717, 1.165) is 42.9 Å². The summed E-state index contributed by atoms with van der Waals surface area (Å²) in [5.41, 5.74) is 1.56. The van der Waals surface area contributed by atoms with Gasteiger partial charge in [-0.05, 0) is 25.0 Å². The molecule has 134 valence electrons. The van der Waals surface area contributed by atoms with Crippen LogP contribution < -0.4 is 5.32 Å². The van der Waals surface area contributed by atoms with Crippen LogP contribution >= 0.6 is 0 Å². The highest BCUT2D eigenvalue weighted by atomic mass is 16.3. The van der Waals surface area contributed by atoms with Crippen molar-refractivity contribution in [3.8, 4) is 5.69 Å². The average molecular weight is 341 g/mol. The third-order valence-corrected chi connectivity index (χ3v) is 4.76. The number of nitrogens with zero attached hydrogens (tertiary/aromatic N) is 4. The molecular weight excluding hydrogens is 314 g/mol. The zero-order chi connectivity index (χ0) is 17.7. The van der Waals surface area contributed by atoms with E-state index < -0.39 is 5.60 Å². The van der Waals surface area contributed by atoms with Crippen molar-refractivity contribution in [3.63, 3.8) is 0 Å². The van der Waals surface area contributed by atoms with E-state index >= 15 is 0 Å². The number of hydrogen-bond acceptors (Lipinski definition) is 3. The lowest BCUT2D eigenvalue weighted by atomic mass is 10.0. The maximum atomic E-state index is 10.5. The first-order chi connectivity index (χ1) is 12.1. The Balaban J connectivity index is 1.59. The molecule has 1 aromatic carbocycles. The lowest BCUT2D eigenvalue weighted by molar-refractivity contribution is 0.0516. The normalized spacial score (nSPS) is 16.8. The van der Waals surface area contributed by atoms with Gasteiger partial charge in [-0.2, -0.15) is 5.10 Å². The maximum absolute atomic E-state index is 10.5. The largest absolute Gasteiger partial charge is 0.388 e. The molecule has 0 atom stereocenters. The van der Waals surface area contributed by atoms with Crippen molar-refractivity contribution in [2.24, 2.45) is 4.99 Å². The summed E-state index contributed by atoms with van der Waals surface area (Å²) in [6.45, 7) is 1.25. The summed E-state index contributed by atoms with van der Waals surface area (Å²) in [6.07, 6.45) is 7.84. The molecule has 2 N–H and O–H groups in total. The molecule has 1 fully saturated rings. The second-order valence-electron chi connectivity index (χ2n) is 6.82. The van der Waals surface area contributed by atoms with Gasteiger partial charge in [0.05, 0.1) is 17.5 Å². The molecule has 25 heavy (non-hydrogen) atoms. The van der Waals surface area contributed by atoms with E-state index in [1.54, 1.807) is 7.05 Å². The summed E-state index contributed by atoms with van der Waals surface area (Å²) in [5, 5.41) is 18.2. The topological polar surface area (TPSA) is 65.7 Å². The minimum atomic E-state index is -0.588. The van der Waals surface area contributed by atoms with Crippen LogP contribution in [0, 0.1) is 0 Å². The summed E-state index contributed by atoms with van der Waals surface area (Å²) in [4.78, 5) is 6.38. The number of nitrogens with one attached hydrogen (secondary N) is 1. The SMILES string of the molecule is CN=C(NCC1(O)CCCC1)N(C)Cc1cnn(-c2ccccc2)c1. The summed E-state index contributed by atoms with van der Waals surface area (Å²) in [5.74, 6) is 0.785. The van der Waals surface area contributed by atoms with Gasteiger partial charge in [-0.1, -0.05) is 31.0 Å². The van der Waals surface area contributed by atoms with Gasteiger partial charge in [-0.3, -0.25) is 4.99 Å². The van der Waals surface area contributed by atoms with Crippen LogP contribution in [0.15, 0.2) is 47.7 Å². The number of aliphatic hydroxyl groups is 1. The third kappa shape index (κ3) is 4.39. The molecule has 3 rings (SSSR count). The van der Waals surface area contributed by atoms with Crippen molar-refractivity contribution < 1.29 is 5.11 Å². The van der Waals surface area contributed by atoms with Gasteiger partial charge in [0.25, 0.3) is 0 Å². The third-order valence-electron chi connectivity index (χ3n) is 4.76. The van der Waals surface area contributed by atoms with Gasteiger partial charge in [0.1, 0.15) is 0 Å². The van der Waals surface area contributed by atoms with E-state index in [2.05, 4.69) is 15.4 Å². The van der Waals surface area contributed by atoms with Crippen LogP contribution in [-0.4, -0.2) is 52.0 Å². The van der Waals surface area contributed by atoms with E-state index in [-0.39, 0.29) is 0 Å². The standard InChI is InChI=1S/C19H27N5O/c1-20-18(21-15-19(25)10-6-7-11-19)23(2)13-16-12-22-24(14-16)17-8-4-3-5-9-17/h3-5,8-9,12,14,25H,6-7,10-11,13,15H2,1-2H3,(H,20,21).